The van der Waals surface area contributed by atoms with Gasteiger partial charge in [0.2, 0.25) is 0 Å². The predicted octanol–water partition coefficient (Wildman–Crippen LogP) is 14.4. The Balaban J connectivity index is 1.81. The molecule has 0 nitrogen and oxygen atoms in total. The molecule has 0 unspecified atom stereocenters. The van der Waals surface area contributed by atoms with E-state index in [4.69, 9.17) is 46.4 Å². The molecule has 0 atom stereocenters. The summed E-state index contributed by atoms with van der Waals surface area (Å²) in [7, 11) is 0. The molecule has 0 saturated heterocycles. The molecule has 0 fully saturated rings. The van der Waals surface area contributed by atoms with Gasteiger partial charge < -0.3 is 0 Å². The van der Waals surface area contributed by atoms with Gasteiger partial charge >= 0.3 is 0 Å². The standard InChI is InChI=1S/C42H24Cl4/c43-33-21-9-5-17-29(33)37-25-13-1-2-14-26(25)38(30-18-6-10-22-34(30)44)42-40(32-20-8-12-24-36(32)46)28-16-4-3-15-27(28)39(41(37)42)31-19-7-11-23-35(31)45/h1-24H. The lowest BCUT2D eigenvalue weighted by molar-refractivity contribution is 1.63. The molecular formula is C42H24Cl4. The summed E-state index contributed by atoms with van der Waals surface area (Å²) in [5.41, 5.74) is 7.85. The van der Waals surface area contributed by atoms with Gasteiger partial charge in [0.25, 0.3) is 0 Å². The Hall–Kier alpha value is -4.30. The summed E-state index contributed by atoms with van der Waals surface area (Å²) in [4.78, 5) is 0. The Morgan fingerprint density at radius 2 is 0.435 bits per heavy atom. The largest absolute Gasteiger partial charge is 0.0837 e. The van der Waals surface area contributed by atoms with Crippen LogP contribution in [0.5, 0.6) is 0 Å². The molecule has 0 bridgehead atoms. The maximum atomic E-state index is 7.10. The molecule has 8 aromatic rings. The lowest BCUT2D eigenvalue weighted by Gasteiger charge is -2.26. The molecule has 0 aliphatic carbocycles. The van der Waals surface area contributed by atoms with E-state index >= 15 is 0 Å². The van der Waals surface area contributed by atoms with Gasteiger partial charge in [0.15, 0.2) is 0 Å². The average molecular weight is 670 g/mol. The second-order valence-electron chi connectivity index (χ2n) is 11.3. The van der Waals surface area contributed by atoms with Crippen molar-refractivity contribution in [2.45, 2.75) is 0 Å². The van der Waals surface area contributed by atoms with Crippen molar-refractivity contribution in [3.63, 3.8) is 0 Å². The van der Waals surface area contributed by atoms with E-state index in [0.717, 1.165) is 76.8 Å². The first-order chi connectivity index (χ1) is 22.5. The number of fused-ring (bicyclic) bond motifs is 3. The van der Waals surface area contributed by atoms with E-state index in [1.165, 1.54) is 0 Å². The fraction of sp³-hybridized carbons (Fsp3) is 0. The molecule has 0 aliphatic rings. The van der Waals surface area contributed by atoms with E-state index < -0.39 is 0 Å². The average Bonchev–Trinajstić information content (AvgIpc) is 3.08. The first-order valence-corrected chi connectivity index (χ1v) is 16.5. The summed E-state index contributed by atoms with van der Waals surface area (Å²) in [6.45, 7) is 0. The van der Waals surface area contributed by atoms with Crippen LogP contribution in [0.25, 0.3) is 76.8 Å². The highest BCUT2D eigenvalue weighted by Gasteiger charge is 2.28. The van der Waals surface area contributed by atoms with Crippen molar-refractivity contribution in [3.8, 4) is 44.5 Å². The smallest absolute Gasteiger partial charge is 0.0484 e. The minimum Gasteiger partial charge on any atom is -0.0837 e. The normalized spacial score (nSPS) is 11.5. The summed E-state index contributed by atoms with van der Waals surface area (Å²) in [5, 5.41) is 8.96. The number of hydrogen-bond donors (Lipinski definition) is 0. The highest BCUT2D eigenvalue weighted by atomic mass is 35.5. The van der Waals surface area contributed by atoms with Gasteiger partial charge in [-0.1, -0.05) is 168 Å². The van der Waals surface area contributed by atoms with Crippen molar-refractivity contribution in [3.05, 3.63) is 166 Å². The topological polar surface area (TPSA) is 0 Å². The van der Waals surface area contributed by atoms with Gasteiger partial charge in [0.05, 0.1) is 0 Å². The Morgan fingerprint density at radius 1 is 0.239 bits per heavy atom. The lowest BCUT2D eigenvalue weighted by Crippen LogP contribution is -1.98. The second kappa shape index (κ2) is 11.8. The Kier molecular flexibility index (Phi) is 7.48. The van der Waals surface area contributed by atoms with Crippen LogP contribution in [0.3, 0.4) is 0 Å². The molecule has 0 aromatic heterocycles. The van der Waals surface area contributed by atoms with E-state index in [1.54, 1.807) is 0 Å². The van der Waals surface area contributed by atoms with Gasteiger partial charge in [-0.3, -0.25) is 0 Å². The molecule has 220 valence electrons. The summed E-state index contributed by atoms with van der Waals surface area (Å²) in [6.07, 6.45) is 0. The van der Waals surface area contributed by atoms with Crippen LogP contribution < -0.4 is 0 Å². The van der Waals surface area contributed by atoms with Gasteiger partial charge in [0.1, 0.15) is 0 Å². The van der Waals surface area contributed by atoms with E-state index in [2.05, 4.69) is 72.8 Å². The van der Waals surface area contributed by atoms with Crippen molar-refractivity contribution in [1.29, 1.82) is 0 Å². The predicted molar refractivity (Wildman–Crippen MR) is 201 cm³/mol. The van der Waals surface area contributed by atoms with Crippen LogP contribution in [-0.2, 0) is 0 Å². The fourth-order valence-corrected chi connectivity index (χ4v) is 7.82. The quantitative estimate of drug-likeness (QED) is 0.164. The first-order valence-electron chi connectivity index (χ1n) is 15.0. The van der Waals surface area contributed by atoms with E-state index in [0.29, 0.717) is 20.1 Å². The highest BCUT2D eigenvalue weighted by Crippen LogP contribution is 2.55. The monoisotopic (exact) mass is 668 g/mol. The summed E-state index contributed by atoms with van der Waals surface area (Å²) in [5.74, 6) is 0. The van der Waals surface area contributed by atoms with Gasteiger partial charge in [0, 0.05) is 42.3 Å². The summed E-state index contributed by atoms with van der Waals surface area (Å²) < 4.78 is 0. The third-order valence-electron chi connectivity index (χ3n) is 8.75. The van der Waals surface area contributed by atoms with Crippen LogP contribution in [-0.4, -0.2) is 0 Å². The third kappa shape index (κ3) is 4.60. The van der Waals surface area contributed by atoms with Gasteiger partial charge in [-0.25, -0.2) is 0 Å². The molecule has 0 N–H and O–H groups in total. The van der Waals surface area contributed by atoms with E-state index in [9.17, 15) is 0 Å². The zero-order chi connectivity index (χ0) is 31.4. The first kappa shape index (κ1) is 29.1. The number of hydrogen-bond acceptors (Lipinski definition) is 0. The molecule has 0 saturated carbocycles. The molecule has 8 rings (SSSR count). The SMILES string of the molecule is Clc1ccccc1-c1c2ccccc2c(-c2ccccc2Cl)c2c(-c3ccccc3Cl)c3ccccc3c(-c3ccccc3Cl)c12. The Bertz CT molecular complexity index is 2140. The summed E-state index contributed by atoms with van der Waals surface area (Å²) in [6, 6.07) is 49.2. The second-order valence-corrected chi connectivity index (χ2v) is 12.9. The number of halogens is 4. The van der Waals surface area contributed by atoms with Gasteiger partial charge in [-0.2, -0.15) is 0 Å². The minimum atomic E-state index is 0.664. The zero-order valence-corrected chi connectivity index (χ0v) is 27.4. The van der Waals surface area contributed by atoms with Crippen LogP contribution in [0.15, 0.2) is 146 Å². The van der Waals surface area contributed by atoms with Crippen molar-refractivity contribution in [2.24, 2.45) is 0 Å². The Labute approximate surface area is 287 Å². The lowest BCUT2D eigenvalue weighted by atomic mass is 9.77. The van der Waals surface area contributed by atoms with Crippen LogP contribution in [0.2, 0.25) is 20.1 Å². The highest BCUT2D eigenvalue weighted by molar-refractivity contribution is 6.42. The molecule has 46 heavy (non-hydrogen) atoms. The third-order valence-corrected chi connectivity index (χ3v) is 10.1. The molecule has 8 aromatic carbocycles. The number of rotatable bonds is 4. The number of benzene rings is 8. The minimum absolute atomic E-state index is 0.664. The van der Waals surface area contributed by atoms with Gasteiger partial charge in [-0.05, 0) is 78.8 Å². The molecule has 0 heterocycles. The van der Waals surface area contributed by atoms with Crippen LogP contribution in [0, 0.1) is 0 Å². The van der Waals surface area contributed by atoms with Crippen LogP contribution in [0.1, 0.15) is 0 Å². The molecular weight excluding hydrogens is 646 g/mol. The van der Waals surface area contributed by atoms with Crippen molar-refractivity contribution in [1.82, 2.24) is 0 Å². The van der Waals surface area contributed by atoms with Crippen molar-refractivity contribution >= 4 is 78.7 Å². The maximum Gasteiger partial charge on any atom is 0.0484 e. The molecule has 4 heteroatoms. The van der Waals surface area contributed by atoms with E-state index in [1.807, 2.05) is 72.8 Å². The molecule has 0 amide bonds. The molecule has 0 aliphatic heterocycles. The van der Waals surface area contributed by atoms with Crippen molar-refractivity contribution in [2.75, 3.05) is 0 Å². The summed E-state index contributed by atoms with van der Waals surface area (Å²) >= 11 is 28.4. The maximum absolute atomic E-state index is 7.10. The Morgan fingerprint density at radius 3 is 0.652 bits per heavy atom. The fourth-order valence-electron chi connectivity index (χ4n) is 6.90. The van der Waals surface area contributed by atoms with Crippen LogP contribution in [0.4, 0.5) is 0 Å². The van der Waals surface area contributed by atoms with Crippen molar-refractivity contribution < 1.29 is 0 Å². The van der Waals surface area contributed by atoms with E-state index in [-0.39, 0.29) is 0 Å². The zero-order valence-electron chi connectivity index (χ0n) is 24.4. The molecule has 0 radical (unpaired) electrons. The van der Waals surface area contributed by atoms with Gasteiger partial charge in [-0.15, -0.1) is 0 Å². The molecule has 0 spiro atoms. The van der Waals surface area contributed by atoms with Crippen LogP contribution >= 0.6 is 46.4 Å².